The lowest BCUT2D eigenvalue weighted by atomic mass is 10.2. The standard InChI is InChI=1S/C19H13Cl2N3O5S/c20-12-5-7-13(8-6-12)23-30(28,29)14-9-10-16(21)15(11-14)19(25)22-17-3-1-2-4-18(17)24(26)27/h1-11,23H,(H,22,25). The van der Waals surface area contributed by atoms with Gasteiger partial charge in [-0.15, -0.1) is 0 Å². The molecule has 0 bridgehead atoms. The number of benzene rings is 3. The fraction of sp³-hybridized carbons (Fsp3) is 0. The molecular weight excluding hydrogens is 453 g/mol. The number of anilines is 2. The Bertz CT molecular complexity index is 1230. The summed E-state index contributed by atoms with van der Waals surface area (Å²) in [4.78, 5) is 22.9. The average molecular weight is 466 g/mol. The van der Waals surface area contributed by atoms with Crippen molar-refractivity contribution in [2.45, 2.75) is 4.90 Å². The summed E-state index contributed by atoms with van der Waals surface area (Å²) < 4.78 is 27.7. The molecule has 30 heavy (non-hydrogen) atoms. The number of halogens is 2. The minimum atomic E-state index is -4.03. The van der Waals surface area contributed by atoms with E-state index in [1.165, 1.54) is 60.7 Å². The highest BCUT2D eigenvalue weighted by Crippen LogP contribution is 2.27. The van der Waals surface area contributed by atoms with Crippen LogP contribution < -0.4 is 10.0 Å². The van der Waals surface area contributed by atoms with E-state index >= 15 is 0 Å². The first-order valence-electron chi connectivity index (χ1n) is 8.30. The lowest BCUT2D eigenvalue weighted by Crippen LogP contribution is -2.17. The van der Waals surface area contributed by atoms with Gasteiger partial charge in [0.25, 0.3) is 21.6 Å². The number of nitrogens with one attached hydrogen (secondary N) is 2. The van der Waals surface area contributed by atoms with Gasteiger partial charge in [0.05, 0.1) is 20.4 Å². The first-order valence-corrected chi connectivity index (χ1v) is 10.5. The van der Waals surface area contributed by atoms with E-state index in [1.54, 1.807) is 0 Å². The Hall–Kier alpha value is -3.14. The van der Waals surface area contributed by atoms with Gasteiger partial charge in [-0.2, -0.15) is 0 Å². The van der Waals surface area contributed by atoms with Gasteiger partial charge in [0.15, 0.2) is 0 Å². The van der Waals surface area contributed by atoms with Gasteiger partial charge in [-0.3, -0.25) is 19.6 Å². The number of nitro benzene ring substituents is 1. The van der Waals surface area contributed by atoms with Crippen LogP contribution in [0.25, 0.3) is 0 Å². The van der Waals surface area contributed by atoms with Gasteiger partial charge in [0.2, 0.25) is 0 Å². The molecule has 3 aromatic rings. The molecule has 0 aliphatic heterocycles. The maximum Gasteiger partial charge on any atom is 0.292 e. The minimum absolute atomic E-state index is 0.0171. The number of carbonyl (C=O) groups excluding carboxylic acids is 1. The van der Waals surface area contributed by atoms with E-state index in [-0.39, 0.29) is 32.5 Å². The monoisotopic (exact) mass is 465 g/mol. The van der Waals surface area contributed by atoms with Crippen LogP contribution in [0, 0.1) is 10.1 Å². The molecule has 3 rings (SSSR count). The summed E-state index contributed by atoms with van der Waals surface area (Å²) in [5.41, 5.74) is -0.236. The summed E-state index contributed by atoms with van der Waals surface area (Å²) in [7, 11) is -4.03. The van der Waals surface area contributed by atoms with Crippen molar-refractivity contribution in [1.29, 1.82) is 0 Å². The van der Waals surface area contributed by atoms with Crippen molar-refractivity contribution in [2.75, 3.05) is 10.0 Å². The number of nitrogens with zero attached hydrogens (tertiary/aromatic N) is 1. The van der Waals surface area contributed by atoms with Crippen molar-refractivity contribution >= 4 is 56.2 Å². The molecule has 1 amide bonds. The predicted octanol–water partition coefficient (Wildman–Crippen LogP) is 4.95. The number of carbonyl (C=O) groups is 1. The number of hydrogen-bond acceptors (Lipinski definition) is 5. The number of rotatable bonds is 6. The van der Waals surface area contributed by atoms with Gasteiger partial charge in [-0.1, -0.05) is 35.3 Å². The van der Waals surface area contributed by atoms with E-state index in [0.29, 0.717) is 5.02 Å². The SMILES string of the molecule is O=C(Nc1ccccc1[N+](=O)[O-])c1cc(S(=O)(=O)Nc2ccc(Cl)cc2)ccc1Cl. The fourth-order valence-corrected chi connectivity index (χ4v) is 3.92. The second kappa shape index (κ2) is 8.70. The molecule has 0 aliphatic carbocycles. The van der Waals surface area contributed by atoms with Gasteiger partial charge in [0.1, 0.15) is 5.69 Å². The van der Waals surface area contributed by atoms with E-state index in [1.807, 2.05) is 0 Å². The Balaban J connectivity index is 1.90. The van der Waals surface area contributed by atoms with Gasteiger partial charge >= 0.3 is 0 Å². The van der Waals surface area contributed by atoms with Crippen LogP contribution >= 0.6 is 23.2 Å². The van der Waals surface area contributed by atoms with Crippen LogP contribution in [-0.4, -0.2) is 19.2 Å². The average Bonchev–Trinajstić information content (AvgIpc) is 2.70. The van der Waals surface area contributed by atoms with Crippen molar-refractivity contribution in [3.8, 4) is 0 Å². The predicted molar refractivity (Wildman–Crippen MR) is 115 cm³/mol. The minimum Gasteiger partial charge on any atom is -0.316 e. The van der Waals surface area contributed by atoms with Gasteiger partial charge in [-0.05, 0) is 48.5 Å². The molecule has 0 aromatic heterocycles. The highest BCUT2D eigenvalue weighted by molar-refractivity contribution is 7.92. The molecule has 0 heterocycles. The molecular formula is C19H13Cl2N3O5S. The molecule has 8 nitrogen and oxygen atoms in total. The largest absolute Gasteiger partial charge is 0.316 e. The summed E-state index contributed by atoms with van der Waals surface area (Å²) in [6.45, 7) is 0. The zero-order valence-corrected chi connectivity index (χ0v) is 17.3. The van der Waals surface area contributed by atoms with Gasteiger partial charge in [0, 0.05) is 16.8 Å². The molecule has 3 aromatic carbocycles. The van der Waals surface area contributed by atoms with Crippen LogP contribution in [0.3, 0.4) is 0 Å². The van der Waals surface area contributed by atoms with Crippen molar-refractivity contribution < 1.29 is 18.1 Å². The molecule has 0 spiro atoms. The molecule has 154 valence electrons. The molecule has 0 radical (unpaired) electrons. The summed E-state index contributed by atoms with van der Waals surface area (Å²) in [6.07, 6.45) is 0. The zero-order chi connectivity index (χ0) is 21.9. The summed E-state index contributed by atoms with van der Waals surface area (Å²) in [5, 5.41) is 13.9. The first kappa shape index (κ1) is 21.6. The quantitative estimate of drug-likeness (QED) is 0.394. The van der Waals surface area contributed by atoms with Crippen LogP contribution in [-0.2, 0) is 10.0 Å². The van der Waals surface area contributed by atoms with Crippen LogP contribution in [0.5, 0.6) is 0 Å². The lowest BCUT2D eigenvalue weighted by molar-refractivity contribution is -0.383. The molecule has 0 unspecified atom stereocenters. The highest BCUT2D eigenvalue weighted by atomic mass is 35.5. The molecule has 0 aliphatic rings. The highest BCUT2D eigenvalue weighted by Gasteiger charge is 2.21. The van der Waals surface area contributed by atoms with E-state index in [9.17, 15) is 23.3 Å². The summed E-state index contributed by atoms with van der Waals surface area (Å²) in [5.74, 6) is -0.794. The maximum atomic E-state index is 12.7. The summed E-state index contributed by atoms with van der Waals surface area (Å²) >= 11 is 11.9. The van der Waals surface area contributed by atoms with E-state index in [4.69, 9.17) is 23.2 Å². The van der Waals surface area contributed by atoms with Crippen LogP contribution in [0.2, 0.25) is 10.0 Å². The third-order valence-electron chi connectivity index (χ3n) is 3.94. The van der Waals surface area contributed by atoms with Crippen molar-refractivity contribution in [2.24, 2.45) is 0 Å². The Morgan fingerprint density at radius 3 is 2.30 bits per heavy atom. The van der Waals surface area contributed by atoms with E-state index in [0.717, 1.165) is 6.07 Å². The number of para-hydroxylation sites is 2. The summed E-state index contributed by atoms with van der Waals surface area (Å²) in [6, 6.07) is 15.1. The van der Waals surface area contributed by atoms with Crippen molar-refractivity contribution in [3.63, 3.8) is 0 Å². The second-order valence-electron chi connectivity index (χ2n) is 5.98. The third-order valence-corrected chi connectivity index (χ3v) is 5.90. The van der Waals surface area contributed by atoms with Gasteiger partial charge in [-0.25, -0.2) is 8.42 Å². The third kappa shape index (κ3) is 4.88. The Morgan fingerprint density at radius 2 is 1.63 bits per heavy atom. The molecule has 2 N–H and O–H groups in total. The molecule has 0 saturated heterocycles. The smallest absolute Gasteiger partial charge is 0.292 e. The van der Waals surface area contributed by atoms with Crippen molar-refractivity contribution in [3.05, 3.63) is 92.5 Å². The zero-order valence-electron chi connectivity index (χ0n) is 15.0. The Morgan fingerprint density at radius 1 is 0.967 bits per heavy atom. The number of nitro groups is 1. The molecule has 0 fully saturated rings. The first-order chi connectivity index (χ1) is 14.2. The maximum absolute atomic E-state index is 12.7. The number of hydrogen-bond donors (Lipinski definition) is 2. The molecule has 0 saturated carbocycles. The van der Waals surface area contributed by atoms with Crippen LogP contribution in [0.1, 0.15) is 10.4 Å². The topological polar surface area (TPSA) is 118 Å². The lowest BCUT2D eigenvalue weighted by Gasteiger charge is -2.11. The van der Waals surface area contributed by atoms with Gasteiger partial charge < -0.3 is 5.32 Å². The number of amides is 1. The second-order valence-corrected chi connectivity index (χ2v) is 8.51. The number of sulfonamides is 1. The van der Waals surface area contributed by atoms with E-state index < -0.39 is 20.9 Å². The molecule has 0 atom stereocenters. The van der Waals surface area contributed by atoms with E-state index in [2.05, 4.69) is 10.0 Å². The normalized spacial score (nSPS) is 11.0. The fourth-order valence-electron chi connectivity index (χ4n) is 2.51. The molecule has 11 heteroatoms. The van der Waals surface area contributed by atoms with Crippen LogP contribution in [0.4, 0.5) is 17.1 Å². The Kier molecular flexibility index (Phi) is 6.25. The van der Waals surface area contributed by atoms with Crippen LogP contribution in [0.15, 0.2) is 71.6 Å². The Labute approximate surface area is 181 Å². The van der Waals surface area contributed by atoms with Crippen molar-refractivity contribution in [1.82, 2.24) is 0 Å².